The second kappa shape index (κ2) is 9.19. The molecular formula is C26H22F2N3OS2+. The van der Waals surface area contributed by atoms with Gasteiger partial charge in [-0.1, -0.05) is 23.9 Å². The zero-order chi connectivity index (χ0) is 23.8. The Hall–Kier alpha value is -3.23. The van der Waals surface area contributed by atoms with Gasteiger partial charge >= 0.3 is 0 Å². The number of hydrogen-bond donors (Lipinski definition) is 0. The smallest absolute Gasteiger partial charge is 0.271 e. The van der Waals surface area contributed by atoms with E-state index in [1.807, 2.05) is 61.1 Å². The van der Waals surface area contributed by atoms with Crippen molar-refractivity contribution in [1.29, 1.82) is 0 Å². The van der Waals surface area contributed by atoms with Crippen LogP contribution < -0.4 is 24.2 Å². The highest BCUT2D eigenvalue weighted by Crippen LogP contribution is 2.44. The van der Waals surface area contributed by atoms with E-state index in [0.29, 0.717) is 23.2 Å². The Kier molecular flexibility index (Phi) is 6.10. The molecule has 34 heavy (non-hydrogen) atoms. The predicted molar refractivity (Wildman–Crippen MR) is 133 cm³/mol. The van der Waals surface area contributed by atoms with Crippen LogP contribution in [0, 0.1) is 11.6 Å². The van der Waals surface area contributed by atoms with E-state index in [4.69, 9.17) is 0 Å². The zero-order valence-electron chi connectivity index (χ0n) is 18.7. The minimum Gasteiger partial charge on any atom is -0.337 e. The van der Waals surface area contributed by atoms with Crippen molar-refractivity contribution in [1.82, 2.24) is 4.57 Å². The molecule has 4 nitrogen and oxygen atoms in total. The summed E-state index contributed by atoms with van der Waals surface area (Å²) in [4.78, 5) is 16.6. The first-order valence-electron chi connectivity index (χ1n) is 10.8. The van der Waals surface area contributed by atoms with E-state index in [9.17, 15) is 13.6 Å². The average molecular weight is 495 g/mol. The van der Waals surface area contributed by atoms with Gasteiger partial charge in [0, 0.05) is 42.3 Å². The Morgan fingerprint density at radius 3 is 2.59 bits per heavy atom. The maximum atomic E-state index is 13.7. The summed E-state index contributed by atoms with van der Waals surface area (Å²) in [5, 5.41) is 0.931. The minimum absolute atomic E-state index is 0.0102. The lowest BCUT2D eigenvalue weighted by Gasteiger charge is -2.11. The third kappa shape index (κ3) is 4.08. The molecule has 0 bridgehead atoms. The Morgan fingerprint density at radius 1 is 1.03 bits per heavy atom. The lowest BCUT2D eigenvalue weighted by molar-refractivity contribution is -0.690. The Balaban J connectivity index is 1.61. The molecule has 4 aromatic rings. The number of thioether (sulfide) groups is 1. The number of nitrogens with zero attached hydrogens (tertiary/aromatic N) is 3. The molecule has 0 radical (unpaired) electrons. The number of halogens is 2. The summed E-state index contributed by atoms with van der Waals surface area (Å²) in [6.45, 7) is 2.88. The molecule has 8 heteroatoms. The second-order valence-corrected chi connectivity index (χ2v) is 9.96. The molecule has 0 unspecified atom stereocenters. The number of hydrogen-bond acceptors (Lipinski definition) is 4. The Bertz CT molecular complexity index is 1580. The molecule has 0 aliphatic carbocycles. The molecule has 0 N–H and O–H groups in total. The highest BCUT2D eigenvalue weighted by Gasteiger charge is 2.24. The number of benzene rings is 2. The van der Waals surface area contributed by atoms with Gasteiger partial charge in [-0.15, -0.1) is 11.3 Å². The van der Waals surface area contributed by atoms with E-state index in [1.165, 1.54) is 17.4 Å². The van der Waals surface area contributed by atoms with Crippen LogP contribution in [0.4, 0.5) is 14.5 Å². The molecule has 3 heterocycles. The number of thiazole rings is 1. The quantitative estimate of drug-likeness (QED) is 0.406. The molecule has 1 aliphatic rings. The first-order valence-corrected chi connectivity index (χ1v) is 12.5. The first-order chi connectivity index (χ1) is 16.5. The monoisotopic (exact) mass is 494 g/mol. The van der Waals surface area contributed by atoms with Crippen LogP contribution in [-0.2, 0) is 13.1 Å². The van der Waals surface area contributed by atoms with Crippen molar-refractivity contribution in [2.75, 3.05) is 11.9 Å². The number of fused-ring (bicyclic) bond motifs is 1. The fourth-order valence-electron chi connectivity index (χ4n) is 3.99. The van der Waals surface area contributed by atoms with Crippen molar-refractivity contribution in [3.8, 4) is 0 Å². The third-order valence-electron chi connectivity index (χ3n) is 5.74. The molecule has 0 fully saturated rings. The average Bonchev–Trinajstić information content (AvgIpc) is 3.33. The van der Waals surface area contributed by atoms with Crippen LogP contribution in [0.15, 0.2) is 76.6 Å². The SMILES string of the molecule is CCn1c(=Cc2cccc[n+]2Cc2ccc(F)c(F)c2)sc(=C2Sc3ccccc3N2C)c1=O. The van der Waals surface area contributed by atoms with Crippen LogP contribution in [-0.4, -0.2) is 11.6 Å². The minimum atomic E-state index is -0.863. The molecule has 5 rings (SSSR count). The normalized spacial score (nSPS) is 15.2. The van der Waals surface area contributed by atoms with E-state index >= 15 is 0 Å². The first kappa shape index (κ1) is 22.6. The Labute approximate surface area is 203 Å². The van der Waals surface area contributed by atoms with Crippen LogP contribution in [0.1, 0.15) is 18.2 Å². The molecular weight excluding hydrogens is 472 g/mol. The Morgan fingerprint density at radius 2 is 1.82 bits per heavy atom. The highest BCUT2D eigenvalue weighted by atomic mass is 32.2. The van der Waals surface area contributed by atoms with Crippen molar-refractivity contribution < 1.29 is 13.3 Å². The number of pyridine rings is 1. The molecule has 0 saturated heterocycles. The van der Waals surface area contributed by atoms with Gasteiger partial charge in [0.1, 0.15) is 14.2 Å². The number of rotatable bonds is 4. The van der Waals surface area contributed by atoms with E-state index in [0.717, 1.165) is 32.0 Å². The van der Waals surface area contributed by atoms with E-state index < -0.39 is 11.6 Å². The summed E-state index contributed by atoms with van der Waals surface area (Å²) in [6.07, 6.45) is 3.87. The molecule has 0 atom stereocenters. The molecule has 2 aromatic heterocycles. The lowest BCUT2D eigenvalue weighted by atomic mass is 10.2. The summed E-state index contributed by atoms with van der Waals surface area (Å²) in [5.41, 5.74) is 2.60. The number of aromatic nitrogens is 2. The maximum absolute atomic E-state index is 13.7. The van der Waals surface area contributed by atoms with Crippen molar-refractivity contribution >= 4 is 39.9 Å². The van der Waals surface area contributed by atoms with Crippen molar-refractivity contribution in [3.05, 3.63) is 109 Å². The summed E-state index contributed by atoms with van der Waals surface area (Å²) in [6, 6.07) is 17.8. The second-order valence-electron chi connectivity index (χ2n) is 7.90. The number of para-hydroxylation sites is 1. The molecule has 0 saturated carbocycles. The van der Waals surface area contributed by atoms with Gasteiger partial charge in [0.25, 0.3) is 5.56 Å². The maximum Gasteiger partial charge on any atom is 0.271 e. The van der Waals surface area contributed by atoms with Gasteiger partial charge in [0.05, 0.1) is 5.69 Å². The van der Waals surface area contributed by atoms with Crippen LogP contribution in [0.3, 0.4) is 0 Å². The van der Waals surface area contributed by atoms with Crippen molar-refractivity contribution in [2.45, 2.75) is 24.9 Å². The van der Waals surface area contributed by atoms with E-state index in [-0.39, 0.29) is 5.56 Å². The van der Waals surface area contributed by atoms with E-state index in [1.54, 1.807) is 22.4 Å². The van der Waals surface area contributed by atoms with Crippen LogP contribution in [0.5, 0.6) is 0 Å². The van der Waals surface area contributed by atoms with Crippen LogP contribution in [0.2, 0.25) is 0 Å². The summed E-state index contributed by atoms with van der Waals surface area (Å²) < 4.78 is 32.3. The zero-order valence-corrected chi connectivity index (χ0v) is 20.3. The molecule has 172 valence electrons. The standard InChI is InChI=1S/C26H22F2N3OS2/c1-3-31-23(34-24(25(31)32)26-29(2)21-9-4-5-10-22(21)33-26)15-18-8-6-7-13-30(18)16-17-11-12-19(27)20(28)14-17/h4-15H,3,16H2,1-2H3/q+1. The molecule has 1 aliphatic heterocycles. The molecule has 0 amide bonds. The van der Waals surface area contributed by atoms with Gasteiger partial charge in [-0.3, -0.25) is 9.36 Å². The highest BCUT2D eigenvalue weighted by molar-refractivity contribution is 8.08. The molecule has 0 spiro atoms. The van der Waals surface area contributed by atoms with Crippen molar-refractivity contribution in [3.63, 3.8) is 0 Å². The third-order valence-corrected chi connectivity index (χ3v) is 8.23. The van der Waals surface area contributed by atoms with Gasteiger partial charge in [-0.2, -0.15) is 4.57 Å². The van der Waals surface area contributed by atoms with E-state index in [2.05, 4.69) is 17.0 Å². The summed E-state index contributed by atoms with van der Waals surface area (Å²) >= 11 is 3.08. The summed E-state index contributed by atoms with van der Waals surface area (Å²) in [7, 11) is 1.99. The largest absolute Gasteiger partial charge is 0.337 e. The van der Waals surface area contributed by atoms with Gasteiger partial charge in [0.2, 0.25) is 5.69 Å². The number of anilines is 1. The van der Waals surface area contributed by atoms with Gasteiger partial charge in [-0.05, 0) is 43.3 Å². The van der Waals surface area contributed by atoms with Gasteiger partial charge in [-0.25, -0.2) is 8.78 Å². The predicted octanol–water partition coefficient (Wildman–Crippen LogP) is 3.68. The fourth-order valence-corrected chi connectivity index (χ4v) is 6.46. The topological polar surface area (TPSA) is 29.1 Å². The summed E-state index contributed by atoms with van der Waals surface area (Å²) in [5.74, 6) is -1.72. The fraction of sp³-hybridized carbons (Fsp3) is 0.154. The molecule has 2 aromatic carbocycles. The van der Waals surface area contributed by atoms with Crippen LogP contribution >= 0.6 is 23.1 Å². The van der Waals surface area contributed by atoms with Crippen molar-refractivity contribution in [2.24, 2.45) is 0 Å². The van der Waals surface area contributed by atoms with Gasteiger partial charge in [0.15, 0.2) is 24.4 Å². The van der Waals surface area contributed by atoms with Gasteiger partial charge < -0.3 is 4.90 Å². The lowest BCUT2D eigenvalue weighted by Crippen LogP contribution is -2.38. The van der Waals surface area contributed by atoms with Crippen LogP contribution in [0.25, 0.3) is 11.1 Å².